The lowest BCUT2D eigenvalue weighted by Crippen LogP contribution is -2.18. The molecule has 0 saturated heterocycles. The van der Waals surface area contributed by atoms with E-state index in [-0.39, 0.29) is 0 Å². The van der Waals surface area contributed by atoms with Crippen LogP contribution in [0.4, 0.5) is 0 Å². The van der Waals surface area contributed by atoms with Crippen molar-refractivity contribution in [2.75, 3.05) is 7.05 Å². The fourth-order valence-corrected chi connectivity index (χ4v) is 2.44. The van der Waals surface area contributed by atoms with Gasteiger partial charge >= 0.3 is 0 Å². The van der Waals surface area contributed by atoms with Crippen molar-refractivity contribution in [2.45, 2.75) is 26.9 Å². The normalized spacial score (nSPS) is 11.3. The number of aryl methyl sites for hydroxylation is 2. The second-order valence-electron chi connectivity index (χ2n) is 5.48. The standard InChI is InChI=1S/C16H17ClN4O2/c1-10-14(11(2)23-20-10)8-21(3)9-15-18-19-16(22-15)12-4-6-13(17)7-5-12/h4-7H,8-9H2,1-3H3. The molecule has 0 unspecified atom stereocenters. The molecule has 3 rings (SSSR count). The molecule has 0 radical (unpaired) electrons. The zero-order chi connectivity index (χ0) is 16.4. The minimum atomic E-state index is 0.488. The summed E-state index contributed by atoms with van der Waals surface area (Å²) in [4.78, 5) is 2.08. The third-order valence-electron chi connectivity index (χ3n) is 3.57. The van der Waals surface area contributed by atoms with Crippen molar-refractivity contribution < 1.29 is 8.94 Å². The van der Waals surface area contributed by atoms with E-state index in [0.29, 0.717) is 29.9 Å². The minimum Gasteiger partial charge on any atom is -0.419 e. The van der Waals surface area contributed by atoms with E-state index in [9.17, 15) is 0 Å². The summed E-state index contributed by atoms with van der Waals surface area (Å²) < 4.78 is 10.9. The molecule has 0 aliphatic carbocycles. The van der Waals surface area contributed by atoms with Gasteiger partial charge < -0.3 is 8.94 Å². The summed E-state index contributed by atoms with van der Waals surface area (Å²) in [6.07, 6.45) is 0. The van der Waals surface area contributed by atoms with Crippen molar-refractivity contribution >= 4 is 11.6 Å². The summed E-state index contributed by atoms with van der Waals surface area (Å²) >= 11 is 5.88. The van der Waals surface area contributed by atoms with Crippen LogP contribution in [0.5, 0.6) is 0 Å². The minimum absolute atomic E-state index is 0.488. The van der Waals surface area contributed by atoms with E-state index in [2.05, 4.69) is 20.3 Å². The summed E-state index contributed by atoms with van der Waals surface area (Å²) in [6, 6.07) is 7.30. The molecule has 2 heterocycles. The van der Waals surface area contributed by atoms with Crippen LogP contribution in [-0.4, -0.2) is 27.3 Å². The fraction of sp³-hybridized carbons (Fsp3) is 0.312. The first-order valence-electron chi connectivity index (χ1n) is 7.21. The largest absolute Gasteiger partial charge is 0.419 e. The van der Waals surface area contributed by atoms with E-state index in [4.69, 9.17) is 20.5 Å². The number of benzene rings is 1. The predicted octanol–water partition coefficient (Wildman–Crippen LogP) is 3.63. The van der Waals surface area contributed by atoms with Gasteiger partial charge in [-0.25, -0.2) is 0 Å². The van der Waals surface area contributed by atoms with Gasteiger partial charge in [0.25, 0.3) is 0 Å². The number of halogens is 1. The van der Waals surface area contributed by atoms with Crippen molar-refractivity contribution in [3.05, 3.63) is 52.2 Å². The molecule has 0 fully saturated rings. The molecule has 0 atom stereocenters. The van der Waals surface area contributed by atoms with Crippen molar-refractivity contribution in [1.82, 2.24) is 20.3 Å². The topological polar surface area (TPSA) is 68.2 Å². The van der Waals surface area contributed by atoms with Gasteiger partial charge in [-0.2, -0.15) is 0 Å². The van der Waals surface area contributed by atoms with E-state index < -0.39 is 0 Å². The van der Waals surface area contributed by atoms with E-state index >= 15 is 0 Å². The molecule has 0 saturated carbocycles. The molecule has 23 heavy (non-hydrogen) atoms. The van der Waals surface area contributed by atoms with Crippen LogP contribution in [0, 0.1) is 13.8 Å². The first kappa shape index (κ1) is 15.7. The Balaban J connectivity index is 1.68. The summed E-state index contributed by atoms with van der Waals surface area (Å²) in [5.74, 6) is 1.88. The molecule has 6 nitrogen and oxygen atoms in total. The monoisotopic (exact) mass is 332 g/mol. The van der Waals surface area contributed by atoms with Gasteiger partial charge in [0.15, 0.2) is 0 Å². The van der Waals surface area contributed by atoms with Crippen LogP contribution in [0.25, 0.3) is 11.5 Å². The maximum absolute atomic E-state index is 5.88. The smallest absolute Gasteiger partial charge is 0.247 e. The Morgan fingerprint density at radius 3 is 2.48 bits per heavy atom. The molecule has 0 amide bonds. The molecule has 7 heteroatoms. The second-order valence-corrected chi connectivity index (χ2v) is 5.92. The summed E-state index contributed by atoms with van der Waals surface area (Å²) in [5.41, 5.74) is 2.84. The molecule has 0 bridgehead atoms. The van der Waals surface area contributed by atoms with Gasteiger partial charge in [-0.1, -0.05) is 16.8 Å². The third-order valence-corrected chi connectivity index (χ3v) is 3.82. The average Bonchev–Trinajstić information content (AvgIpc) is 3.10. The lowest BCUT2D eigenvalue weighted by Gasteiger charge is -2.13. The molecular weight excluding hydrogens is 316 g/mol. The van der Waals surface area contributed by atoms with Crippen LogP contribution < -0.4 is 0 Å². The highest BCUT2D eigenvalue weighted by Gasteiger charge is 2.14. The van der Waals surface area contributed by atoms with E-state index in [1.807, 2.05) is 33.0 Å². The Hall–Kier alpha value is -2.18. The molecule has 1 aromatic carbocycles. The van der Waals surface area contributed by atoms with Crippen LogP contribution in [0.1, 0.15) is 22.9 Å². The molecule has 0 N–H and O–H groups in total. The highest BCUT2D eigenvalue weighted by Crippen LogP contribution is 2.21. The average molecular weight is 333 g/mol. The number of hydrogen-bond donors (Lipinski definition) is 0. The summed E-state index contributed by atoms with van der Waals surface area (Å²) in [5, 5.41) is 12.8. The highest BCUT2D eigenvalue weighted by atomic mass is 35.5. The van der Waals surface area contributed by atoms with Gasteiger partial charge in [-0.15, -0.1) is 10.2 Å². The van der Waals surface area contributed by atoms with Gasteiger partial charge in [0.1, 0.15) is 5.76 Å². The number of nitrogens with zero attached hydrogens (tertiary/aromatic N) is 4. The molecule has 3 aromatic rings. The molecule has 0 aliphatic rings. The van der Waals surface area contributed by atoms with Gasteiger partial charge in [0.05, 0.1) is 12.2 Å². The fourth-order valence-electron chi connectivity index (χ4n) is 2.31. The van der Waals surface area contributed by atoms with E-state index in [0.717, 1.165) is 22.6 Å². The van der Waals surface area contributed by atoms with Crippen molar-refractivity contribution in [1.29, 1.82) is 0 Å². The first-order valence-corrected chi connectivity index (χ1v) is 7.59. The quantitative estimate of drug-likeness (QED) is 0.710. The predicted molar refractivity (Wildman–Crippen MR) is 85.9 cm³/mol. The van der Waals surface area contributed by atoms with Crippen LogP contribution in [0.15, 0.2) is 33.2 Å². The van der Waals surface area contributed by atoms with Crippen LogP contribution in [0.2, 0.25) is 5.02 Å². The number of aromatic nitrogens is 3. The second kappa shape index (κ2) is 6.52. The highest BCUT2D eigenvalue weighted by molar-refractivity contribution is 6.30. The Morgan fingerprint density at radius 1 is 1.09 bits per heavy atom. The van der Waals surface area contributed by atoms with Crippen molar-refractivity contribution in [3.8, 4) is 11.5 Å². The van der Waals surface area contributed by atoms with Gasteiger partial charge in [-0.05, 0) is 45.2 Å². The Labute approximate surface area is 139 Å². The molecule has 120 valence electrons. The maximum atomic E-state index is 5.88. The lowest BCUT2D eigenvalue weighted by molar-refractivity contribution is 0.280. The van der Waals surface area contributed by atoms with Gasteiger partial charge in [0.2, 0.25) is 11.8 Å². The molecular formula is C16H17ClN4O2. The molecule has 2 aromatic heterocycles. The van der Waals surface area contributed by atoms with Crippen LogP contribution >= 0.6 is 11.6 Å². The maximum Gasteiger partial charge on any atom is 0.247 e. The van der Waals surface area contributed by atoms with Gasteiger partial charge in [-0.3, -0.25) is 4.90 Å². The van der Waals surface area contributed by atoms with Crippen LogP contribution in [0.3, 0.4) is 0 Å². The van der Waals surface area contributed by atoms with Crippen molar-refractivity contribution in [3.63, 3.8) is 0 Å². The first-order chi connectivity index (χ1) is 11.0. The zero-order valence-electron chi connectivity index (χ0n) is 13.2. The summed E-state index contributed by atoms with van der Waals surface area (Å²) in [7, 11) is 1.98. The van der Waals surface area contributed by atoms with E-state index in [1.54, 1.807) is 12.1 Å². The third kappa shape index (κ3) is 3.60. The summed E-state index contributed by atoms with van der Waals surface area (Å²) in [6.45, 7) is 5.10. The van der Waals surface area contributed by atoms with E-state index in [1.165, 1.54) is 0 Å². The number of rotatable bonds is 5. The Bertz CT molecular complexity index is 775. The SMILES string of the molecule is Cc1noc(C)c1CN(C)Cc1nnc(-c2ccc(Cl)cc2)o1. The van der Waals surface area contributed by atoms with Crippen LogP contribution in [-0.2, 0) is 13.1 Å². The Morgan fingerprint density at radius 2 is 1.83 bits per heavy atom. The van der Waals surface area contributed by atoms with Crippen molar-refractivity contribution in [2.24, 2.45) is 0 Å². The van der Waals surface area contributed by atoms with Gasteiger partial charge in [0, 0.05) is 22.7 Å². The molecule has 0 aliphatic heterocycles. The lowest BCUT2D eigenvalue weighted by atomic mass is 10.2. The Kier molecular flexibility index (Phi) is 4.45. The zero-order valence-corrected chi connectivity index (χ0v) is 14.0. The number of hydrogen-bond acceptors (Lipinski definition) is 6. The molecule has 0 spiro atoms.